The van der Waals surface area contributed by atoms with Crippen LogP contribution in [0.2, 0.25) is 0 Å². The van der Waals surface area contributed by atoms with E-state index < -0.39 is 16.3 Å². The molecule has 1 fully saturated rings. The minimum atomic E-state index is -0.625. The lowest BCUT2D eigenvalue weighted by atomic mass is 9.94. The molecule has 2 rings (SSSR count). The number of anilines is 1. The molecule has 0 saturated carbocycles. The van der Waals surface area contributed by atoms with Gasteiger partial charge in [-0.25, -0.2) is 4.39 Å². The van der Waals surface area contributed by atoms with Crippen molar-refractivity contribution in [3.63, 3.8) is 0 Å². The van der Waals surface area contributed by atoms with Crippen molar-refractivity contribution in [2.75, 3.05) is 5.32 Å². The van der Waals surface area contributed by atoms with Crippen molar-refractivity contribution in [3.05, 3.63) is 34.1 Å². The van der Waals surface area contributed by atoms with Crippen LogP contribution in [-0.2, 0) is 4.74 Å². The van der Waals surface area contributed by atoms with E-state index in [1.807, 2.05) is 27.7 Å². The van der Waals surface area contributed by atoms with Crippen LogP contribution in [0.1, 0.15) is 34.1 Å². The van der Waals surface area contributed by atoms with E-state index in [4.69, 9.17) is 4.74 Å². The highest BCUT2D eigenvalue weighted by atomic mass is 19.1. The van der Waals surface area contributed by atoms with Crippen molar-refractivity contribution < 1.29 is 14.1 Å². The van der Waals surface area contributed by atoms with Crippen molar-refractivity contribution in [2.24, 2.45) is 0 Å². The molecule has 20 heavy (non-hydrogen) atoms. The van der Waals surface area contributed by atoms with Crippen LogP contribution in [0.5, 0.6) is 0 Å². The Bertz CT molecular complexity index is 543. The first-order chi connectivity index (χ1) is 9.11. The van der Waals surface area contributed by atoms with Gasteiger partial charge in [0.05, 0.1) is 33.9 Å². The molecule has 0 radical (unpaired) electrons. The minimum Gasteiger partial charge on any atom is -0.377 e. The fourth-order valence-electron chi connectivity index (χ4n) is 2.71. The summed E-state index contributed by atoms with van der Waals surface area (Å²) in [5.41, 5.74) is -0.707. The SMILES string of the molecule is CC1(C)CC(Nc2ccc([N+](=O)[O-])cc2F)C(C)(C)O1. The molecule has 6 heteroatoms. The Hall–Kier alpha value is -1.69. The van der Waals surface area contributed by atoms with Gasteiger partial charge in [-0.1, -0.05) is 0 Å². The summed E-state index contributed by atoms with van der Waals surface area (Å²) in [6.45, 7) is 7.87. The van der Waals surface area contributed by atoms with Gasteiger partial charge in [0, 0.05) is 6.07 Å². The van der Waals surface area contributed by atoms with Gasteiger partial charge in [-0.3, -0.25) is 10.1 Å². The Labute approximate surface area is 117 Å². The zero-order valence-corrected chi connectivity index (χ0v) is 12.1. The van der Waals surface area contributed by atoms with Crippen LogP contribution in [0.15, 0.2) is 18.2 Å². The van der Waals surface area contributed by atoms with Crippen LogP contribution in [0.25, 0.3) is 0 Å². The maximum Gasteiger partial charge on any atom is 0.272 e. The molecular formula is C14H19FN2O3. The summed E-state index contributed by atoms with van der Waals surface area (Å²) in [6.07, 6.45) is 0.733. The number of nitro groups is 1. The summed E-state index contributed by atoms with van der Waals surface area (Å²) in [7, 11) is 0. The summed E-state index contributed by atoms with van der Waals surface area (Å²) >= 11 is 0. The normalized spacial score (nSPS) is 23.6. The first kappa shape index (κ1) is 14.7. The van der Waals surface area contributed by atoms with E-state index in [2.05, 4.69) is 5.32 Å². The highest BCUT2D eigenvalue weighted by molar-refractivity contribution is 5.51. The Morgan fingerprint density at radius 1 is 1.40 bits per heavy atom. The van der Waals surface area contributed by atoms with Gasteiger partial charge in [0.15, 0.2) is 5.82 Å². The number of nitrogens with one attached hydrogen (secondary N) is 1. The van der Waals surface area contributed by atoms with E-state index in [-0.39, 0.29) is 23.0 Å². The monoisotopic (exact) mass is 282 g/mol. The Morgan fingerprint density at radius 3 is 2.50 bits per heavy atom. The molecule has 1 aliphatic heterocycles. The first-order valence-electron chi connectivity index (χ1n) is 6.51. The van der Waals surface area contributed by atoms with Gasteiger partial charge in [-0.05, 0) is 40.2 Å². The summed E-state index contributed by atoms with van der Waals surface area (Å²) < 4.78 is 19.8. The fraction of sp³-hybridized carbons (Fsp3) is 0.571. The standard InChI is InChI=1S/C14H19FN2O3/c1-13(2)8-12(14(3,4)20-13)16-11-6-5-9(17(18)19)7-10(11)15/h5-7,12,16H,8H2,1-4H3. The third kappa shape index (κ3) is 2.90. The lowest BCUT2D eigenvalue weighted by molar-refractivity contribution is -0.385. The fourth-order valence-corrected chi connectivity index (χ4v) is 2.71. The largest absolute Gasteiger partial charge is 0.377 e. The van der Waals surface area contributed by atoms with Gasteiger partial charge in [-0.2, -0.15) is 0 Å². The smallest absolute Gasteiger partial charge is 0.272 e. The van der Waals surface area contributed by atoms with Gasteiger partial charge in [0.1, 0.15) is 0 Å². The second kappa shape index (κ2) is 4.70. The molecule has 1 aliphatic rings. The summed E-state index contributed by atoms with van der Waals surface area (Å²) in [5.74, 6) is -0.625. The van der Waals surface area contributed by atoms with Crippen molar-refractivity contribution in [1.29, 1.82) is 0 Å². The average Bonchev–Trinajstić information content (AvgIpc) is 2.49. The van der Waals surface area contributed by atoms with Crippen molar-refractivity contribution in [2.45, 2.75) is 51.4 Å². The van der Waals surface area contributed by atoms with Gasteiger partial charge in [-0.15, -0.1) is 0 Å². The van der Waals surface area contributed by atoms with Crippen LogP contribution in [0, 0.1) is 15.9 Å². The number of non-ortho nitro benzene ring substituents is 1. The van der Waals surface area contributed by atoms with Crippen LogP contribution in [0.3, 0.4) is 0 Å². The Balaban J connectivity index is 2.21. The number of hydrogen-bond donors (Lipinski definition) is 1. The predicted octanol–water partition coefficient (Wildman–Crippen LogP) is 3.49. The Morgan fingerprint density at radius 2 is 2.05 bits per heavy atom. The zero-order chi connectivity index (χ0) is 15.1. The van der Waals surface area contributed by atoms with E-state index in [9.17, 15) is 14.5 Å². The number of halogens is 1. The van der Waals surface area contributed by atoms with E-state index >= 15 is 0 Å². The summed E-state index contributed by atoms with van der Waals surface area (Å²) in [6, 6.07) is 3.55. The molecule has 0 aliphatic carbocycles. The van der Waals surface area contributed by atoms with Crippen LogP contribution in [-0.4, -0.2) is 22.2 Å². The second-order valence-corrected chi connectivity index (χ2v) is 6.29. The topological polar surface area (TPSA) is 64.4 Å². The van der Waals surface area contributed by atoms with Gasteiger partial charge in [0.25, 0.3) is 5.69 Å². The molecule has 1 unspecified atom stereocenters. The van der Waals surface area contributed by atoms with Crippen molar-refractivity contribution in [3.8, 4) is 0 Å². The molecule has 1 heterocycles. The minimum absolute atomic E-state index is 0.0616. The van der Waals surface area contributed by atoms with Crippen molar-refractivity contribution >= 4 is 11.4 Å². The molecule has 1 aromatic carbocycles. The second-order valence-electron chi connectivity index (χ2n) is 6.29. The summed E-state index contributed by atoms with van der Waals surface area (Å²) in [4.78, 5) is 9.98. The quantitative estimate of drug-likeness (QED) is 0.680. The Kier molecular flexibility index (Phi) is 3.46. The molecule has 0 amide bonds. The van der Waals surface area contributed by atoms with Gasteiger partial charge < -0.3 is 10.1 Å². The van der Waals surface area contributed by atoms with E-state index in [0.717, 1.165) is 12.5 Å². The molecule has 1 aromatic rings. The molecule has 0 aromatic heterocycles. The lowest BCUT2D eigenvalue weighted by Crippen LogP contribution is -2.38. The van der Waals surface area contributed by atoms with Crippen molar-refractivity contribution in [1.82, 2.24) is 0 Å². The molecule has 0 bridgehead atoms. The van der Waals surface area contributed by atoms with Gasteiger partial charge >= 0.3 is 0 Å². The van der Waals surface area contributed by atoms with E-state index in [1.165, 1.54) is 12.1 Å². The third-order valence-electron chi connectivity index (χ3n) is 3.57. The van der Waals surface area contributed by atoms with Gasteiger partial charge in [0.2, 0.25) is 0 Å². The molecule has 1 N–H and O–H groups in total. The first-order valence-corrected chi connectivity index (χ1v) is 6.51. The van der Waals surface area contributed by atoms with Crippen LogP contribution >= 0.6 is 0 Å². The van der Waals surface area contributed by atoms with E-state index in [0.29, 0.717) is 0 Å². The van der Waals surface area contributed by atoms with Crippen LogP contribution in [0.4, 0.5) is 15.8 Å². The van der Waals surface area contributed by atoms with E-state index in [1.54, 1.807) is 0 Å². The highest BCUT2D eigenvalue weighted by Crippen LogP contribution is 2.39. The molecule has 5 nitrogen and oxygen atoms in total. The number of nitrogens with zero attached hydrogens (tertiary/aromatic N) is 1. The average molecular weight is 282 g/mol. The number of hydrogen-bond acceptors (Lipinski definition) is 4. The highest BCUT2D eigenvalue weighted by Gasteiger charge is 2.46. The zero-order valence-electron chi connectivity index (χ0n) is 12.1. The molecule has 0 spiro atoms. The number of ether oxygens (including phenoxy) is 1. The van der Waals surface area contributed by atoms with Crippen LogP contribution < -0.4 is 5.32 Å². The number of nitro benzene ring substituents is 1. The maximum absolute atomic E-state index is 13.9. The number of benzene rings is 1. The molecule has 110 valence electrons. The third-order valence-corrected chi connectivity index (χ3v) is 3.57. The molecule has 1 atom stereocenters. The number of rotatable bonds is 3. The summed E-state index contributed by atoms with van der Waals surface area (Å²) in [5, 5.41) is 13.7. The molecular weight excluding hydrogens is 263 g/mol. The lowest BCUT2D eigenvalue weighted by Gasteiger charge is -2.28. The predicted molar refractivity (Wildman–Crippen MR) is 74.3 cm³/mol. The maximum atomic E-state index is 13.9. The molecule has 1 saturated heterocycles.